The summed E-state index contributed by atoms with van der Waals surface area (Å²) in [4.78, 5) is 31.0. The molecule has 1 aromatic carbocycles. The molecule has 7 rings (SSSR count). The van der Waals surface area contributed by atoms with Crippen molar-refractivity contribution in [2.24, 2.45) is 11.8 Å². The minimum atomic E-state index is -0.909. The second-order valence-electron chi connectivity index (χ2n) is 11.3. The molecule has 4 atom stereocenters. The van der Waals surface area contributed by atoms with Crippen LogP contribution in [0.4, 0.5) is 10.6 Å². The van der Waals surface area contributed by atoms with Gasteiger partial charge in [0.15, 0.2) is 15.6 Å². The fraction of sp³-hybridized carbons (Fsp3) is 0.433. The lowest BCUT2D eigenvalue weighted by Gasteiger charge is -2.28. The van der Waals surface area contributed by atoms with Gasteiger partial charge in [0.25, 0.3) is 0 Å². The number of carboxylic acid groups (broad SMARTS) is 1. The standard InChI is InChI=1S/C30H32IN7O3/c31-27-26-28(38(35-27)25-11-5-7-15-41-25)34-24(16-33-26)36-14-12-21-22(18-36)30(21,23-10-4-6-13-32-23)19-37(29(39)40)17-20-8-2-1-3-9-20/h1-4,6,8-10,13,16,21-22,25H,5,7,11-12,14-15,17-19H2,(H,39,40). The normalized spacial score (nSPS) is 25.6. The minimum absolute atomic E-state index is 0.114. The Labute approximate surface area is 251 Å². The maximum Gasteiger partial charge on any atom is 0.407 e. The number of halogens is 1. The first-order chi connectivity index (χ1) is 20.0. The molecule has 4 aromatic rings. The fourth-order valence-electron chi connectivity index (χ4n) is 6.96. The van der Waals surface area contributed by atoms with Crippen molar-refractivity contribution >= 4 is 45.7 Å². The molecule has 1 saturated carbocycles. The average Bonchev–Trinajstić information content (AvgIpc) is 3.54. The van der Waals surface area contributed by atoms with E-state index in [9.17, 15) is 9.90 Å². The molecule has 3 aliphatic rings. The molecule has 11 heteroatoms. The zero-order valence-electron chi connectivity index (χ0n) is 22.6. The Morgan fingerprint density at radius 1 is 1.10 bits per heavy atom. The van der Waals surface area contributed by atoms with E-state index in [-0.39, 0.29) is 17.6 Å². The van der Waals surface area contributed by atoms with Gasteiger partial charge in [-0.2, -0.15) is 5.10 Å². The molecule has 4 unspecified atom stereocenters. The summed E-state index contributed by atoms with van der Waals surface area (Å²) < 4.78 is 8.76. The van der Waals surface area contributed by atoms with E-state index in [0.717, 1.165) is 77.3 Å². The van der Waals surface area contributed by atoms with Gasteiger partial charge >= 0.3 is 6.09 Å². The molecule has 212 valence electrons. The first-order valence-electron chi connectivity index (χ1n) is 14.3. The summed E-state index contributed by atoms with van der Waals surface area (Å²) in [5.74, 6) is 1.43. The van der Waals surface area contributed by atoms with Gasteiger partial charge in [0.2, 0.25) is 0 Å². The van der Waals surface area contributed by atoms with Crippen molar-refractivity contribution in [3.63, 3.8) is 0 Å². The Morgan fingerprint density at radius 3 is 2.71 bits per heavy atom. The highest BCUT2D eigenvalue weighted by Crippen LogP contribution is 2.63. The third-order valence-electron chi connectivity index (χ3n) is 9.01. The number of amides is 1. The second-order valence-corrected chi connectivity index (χ2v) is 12.3. The van der Waals surface area contributed by atoms with Crippen LogP contribution in [0.15, 0.2) is 60.9 Å². The molecular formula is C30H32IN7O3. The maximum absolute atomic E-state index is 12.5. The molecule has 10 nitrogen and oxygen atoms in total. The number of pyridine rings is 1. The molecule has 3 fully saturated rings. The summed E-state index contributed by atoms with van der Waals surface area (Å²) in [6.45, 7) is 3.09. The highest BCUT2D eigenvalue weighted by Gasteiger charge is 2.68. The summed E-state index contributed by atoms with van der Waals surface area (Å²) in [6.07, 6.45) is 6.68. The number of piperidine rings is 1. The van der Waals surface area contributed by atoms with E-state index in [1.807, 2.05) is 59.5 Å². The van der Waals surface area contributed by atoms with Crippen LogP contribution in [0.5, 0.6) is 0 Å². The summed E-state index contributed by atoms with van der Waals surface area (Å²) in [5.41, 5.74) is 3.17. The number of nitrogens with zero attached hydrogens (tertiary/aromatic N) is 7. The number of carbonyl (C=O) groups is 1. The largest absolute Gasteiger partial charge is 0.465 e. The SMILES string of the molecule is O=C(O)N(Cc1ccccc1)CC1(c2ccccn2)C2CCN(c3cnc4c(I)nn(C5CCCCO5)c4n3)CC21. The predicted molar refractivity (Wildman–Crippen MR) is 161 cm³/mol. The smallest absolute Gasteiger partial charge is 0.407 e. The lowest BCUT2D eigenvalue weighted by Crippen LogP contribution is -2.38. The van der Waals surface area contributed by atoms with Crippen LogP contribution in [0.3, 0.4) is 0 Å². The molecule has 2 saturated heterocycles. The second kappa shape index (κ2) is 10.8. The number of ether oxygens (including phenoxy) is 1. The van der Waals surface area contributed by atoms with Gasteiger partial charge in [-0.05, 0) is 77.8 Å². The summed E-state index contributed by atoms with van der Waals surface area (Å²) in [7, 11) is 0. The fourth-order valence-corrected chi connectivity index (χ4v) is 7.58. The molecule has 0 bridgehead atoms. The Kier molecular flexibility index (Phi) is 7.02. The number of hydrogen-bond acceptors (Lipinski definition) is 7. The van der Waals surface area contributed by atoms with Gasteiger partial charge in [-0.1, -0.05) is 36.4 Å². The molecular weight excluding hydrogens is 633 g/mol. The molecule has 0 spiro atoms. The van der Waals surface area contributed by atoms with Crippen molar-refractivity contribution in [3.8, 4) is 0 Å². The maximum atomic E-state index is 12.5. The summed E-state index contributed by atoms with van der Waals surface area (Å²) >= 11 is 2.22. The zero-order valence-corrected chi connectivity index (χ0v) is 24.8. The zero-order chi connectivity index (χ0) is 28.0. The molecule has 1 aliphatic carbocycles. The lowest BCUT2D eigenvalue weighted by molar-refractivity contribution is -0.0372. The van der Waals surface area contributed by atoms with E-state index < -0.39 is 6.09 Å². The number of fused-ring (bicyclic) bond motifs is 2. The van der Waals surface area contributed by atoms with Crippen LogP contribution in [0.1, 0.15) is 43.2 Å². The molecule has 0 radical (unpaired) electrons. The Morgan fingerprint density at radius 2 is 1.95 bits per heavy atom. The van der Waals surface area contributed by atoms with Crippen LogP contribution in [0.2, 0.25) is 0 Å². The van der Waals surface area contributed by atoms with Gasteiger partial charge in [-0.25, -0.2) is 19.4 Å². The molecule has 2 aliphatic heterocycles. The minimum Gasteiger partial charge on any atom is -0.465 e. The van der Waals surface area contributed by atoms with Gasteiger partial charge in [0.05, 0.1) is 6.20 Å². The number of rotatable bonds is 7. The molecule has 3 aromatic heterocycles. The van der Waals surface area contributed by atoms with Gasteiger partial charge < -0.3 is 19.6 Å². The van der Waals surface area contributed by atoms with E-state index >= 15 is 0 Å². The third kappa shape index (κ3) is 4.82. The van der Waals surface area contributed by atoms with Gasteiger partial charge in [0, 0.05) is 50.1 Å². The van der Waals surface area contributed by atoms with Crippen LogP contribution in [0.25, 0.3) is 11.2 Å². The lowest BCUT2D eigenvalue weighted by atomic mass is 9.94. The van der Waals surface area contributed by atoms with E-state index in [4.69, 9.17) is 24.8 Å². The third-order valence-corrected chi connectivity index (χ3v) is 9.74. The van der Waals surface area contributed by atoms with E-state index in [1.54, 1.807) is 4.90 Å². The molecule has 1 amide bonds. The topological polar surface area (TPSA) is 110 Å². The van der Waals surface area contributed by atoms with Crippen molar-refractivity contribution in [1.82, 2.24) is 29.6 Å². The Bertz CT molecular complexity index is 1550. The highest BCUT2D eigenvalue weighted by atomic mass is 127. The summed E-state index contributed by atoms with van der Waals surface area (Å²) in [5, 5.41) is 15.0. The van der Waals surface area contributed by atoms with Crippen LogP contribution >= 0.6 is 22.6 Å². The Hall–Kier alpha value is -3.32. The monoisotopic (exact) mass is 665 g/mol. The molecule has 41 heavy (non-hydrogen) atoms. The number of aromatic nitrogens is 5. The van der Waals surface area contributed by atoms with Crippen LogP contribution in [0, 0.1) is 15.5 Å². The van der Waals surface area contributed by atoms with Crippen molar-refractivity contribution in [1.29, 1.82) is 0 Å². The average molecular weight is 666 g/mol. The van der Waals surface area contributed by atoms with E-state index in [0.29, 0.717) is 19.0 Å². The highest BCUT2D eigenvalue weighted by molar-refractivity contribution is 14.1. The Balaban J connectivity index is 1.18. The van der Waals surface area contributed by atoms with Crippen molar-refractivity contribution in [3.05, 3.63) is 75.9 Å². The first-order valence-corrected chi connectivity index (χ1v) is 15.3. The van der Waals surface area contributed by atoms with Gasteiger partial charge in [-0.3, -0.25) is 4.98 Å². The molecule has 1 N–H and O–H groups in total. The van der Waals surface area contributed by atoms with Crippen molar-refractivity contribution in [2.75, 3.05) is 31.1 Å². The molecule has 5 heterocycles. The predicted octanol–water partition coefficient (Wildman–Crippen LogP) is 5.10. The van der Waals surface area contributed by atoms with Crippen LogP contribution in [-0.4, -0.2) is 67.1 Å². The van der Waals surface area contributed by atoms with E-state index in [2.05, 4.69) is 33.6 Å². The van der Waals surface area contributed by atoms with Crippen molar-refractivity contribution < 1.29 is 14.6 Å². The van der Waals surface area contributed by atoms with Gasteiger partial charge in [-0.15, -0.1) is 0 Å². The number of anilines is 1. The summed E-state index contributed by atoms with van der Waals surface area (Å²) in [6, 6.07) is 15.8. The quantitative estimate of drug-likeness (QED) is 0.272. The number of hydrogen-bond donors (Lipinski definition) is 1. The first kappa shape index (κ1) is 26.6. The van der Waals surface area contributed by atoms with E-state index in [1.165, 1.54) is 0 Å². The van der Waals surface area contributed by atoms with Crippen molar-refractivity contribution in [2.45, 2.75) is 43.9 Å². The van der Waals surface area contributed by atoms with Crippen LogP contribution in [-0.2, 0) is 16.7 Å². The number of benzene rings is 1. The van der Waals surface area contributed by atoms with Crippen LogP contribution < -0.4 is 4.90 Å². The van der Waals surface area contributed by atoms with Gasteiger partial charge in [0.1, 0.15) is 11.3 Å².